The minimum Gasteiger partial charge on any atom is -0.316 e. The highest BCUT2D eigenvalue weighted by Gasteiger charge is 2.29. The number of aromatic nitrogens is 1. The van der Waals surface area contributed by atoms with Crippen molar-refractivity contribution in [1.82, 2.24) is 10.3 Å². The zero-order valence-electron chi connectivity index (χ0n) is 9.82. The Morgan fingerprint density at radius 3 is 3.18 bits per heavy atom. The first-order chi connectivity index (χ1) is 8.36. The number of allylic oxidation sites excluding steroid dienone is 1. The van der Waals surface area contributed by atoms with Gasteiger partial charge in [-0.3, -0.25) is 4.98 Å². The van der Waals surface area contributed by atoms with E-state index in [1.165, 1.54) is 24.1 Å². The molecule has 0 amide bonds. The van der Waals surface area contributed by atoms with Crippen LogP contribution in [0, 0.1) is 24.2 Å². The van der Waals surface area contributed by atoms with E-state index >= 15 is 0 Å². The molecule has 1 aromatic heterocycles. The number of nitrogens with one attached hydrogen (secondary N) is 1. The van der Waals surface area contributed by atoms with Crippen molar-refractivity contribution in [1.29, 1.82) is 0 Å². The average Bonchev–Trinajstić information content (AvgIpc) is 2.86. The molecule has 1 saturated heterocycles. The maximum atomic E-state index is 5.41. The third-order valence-corrected chi connectivity index (χ3v) is 3.87. The molecule has 2 nitrogen and oxygen atoms in total. The molecule has 1 aliphatic carbocycles. The molecule has 2 atom stereocenters. The Bertz CT molecular complexity index is 496. The standard InChI is InChI=1S/C15H16N2/c1-2-11-5-14(9-16-7-11)12-3-4-13-8-17-10-15(13)6-12/h1,5-7,9,13,15,17H,3-4,8,10H2/t13-,15+/m1/s1. The molecule has 2 heterocycles. The first-order valence-corrected chi connectivity index (χ1v) is 6.20. The van der Waals surface area contributed by atoms with Crippen molar-refractivity contribution in [2.24, 2.45) is 11.8 Å². The topological polar surface area (TPSA) is 24.9 Å². The van der Waals surface area contributed by atoms with Crippen LogP contribution in [0.1, 0.15) is 24.0 Å². The van der Waals surface area contributed by atoms with Crippen LogP contribution in [0.4, 0.5) is 0 Å². The van der Waals surface area contributed by atoms with Crippen molar-refractivity contribution in [3.63, 3.8) is 0 Å². The van der Waals surface area contributed by atoms with E-state index < -0.39 is 0 Å². The SMILES string of the molecule is C#Cc1cncc(C2=C[C@H]3CNC[C@H]3CC2)c1. The highest BCUT2D eigenvalue weighted by Crippen LogP contribution is 2.35. The summed E-state index contributed by atoms with van der Waals surface area (Å²) < 4.78 is 0. The van der Waals surface area contributed by atoms with E-state index in [1.807, 2.05) is 6.20 Å². The summed E-state index contributed by atoms with van der Waals surface area (Å²) in [5.74, 6) is 4.19. The molecule has 0 bridgehead atoms. The van der Waals surface area contributed by atoms with Gasteiger partial charge in [0, 0.05) is 24.5 Å². The molecule has 2 heteroatoms. The molecule has 3 rings (SSSR count). The van der Waals surface area contributed by atoms with Crippen LogP contribution in [0.3, 0.4) is 0 Å². The summed E-state index contributed by atoms with van der Waals surface area (Å²) in [4.78, 5) is 4.22. The Hall–Kier alpha value is -1.59. The van der Waals surface area contributed by atoms with E-state index in [-0.39, 0.29) is 0 Å². The molecule has 86 valence electrons. The molecule has 0 unspecified atom stereocenters. The predicted molar refractivity (Wildman–Crippen MR) is 69.2 cm³/mol. The van der Waals surface area contributed by atoms with Crippen LogP contribution in [0.25, 0.3) is 5.57 Å². The molecule has 0 saturated carbocycles. The highest BCUT2D eigenvalue weighted by molar-refractivity contribution is 5.67. The Balaban J connectivity index is 1.91. The maximum absolute atomic E-state index is 5.41. The van der Waals surface area contributed by atoms with Gasteiger partial charge in [-0.15, -0.1) is 6.42 Å². The largest absolute Gasteiger partial charge is 0.316 e. The van der Waals surface area contributed by atoms with Crippen LogP contribution in [0.15, 0.2) is 24.5 Å². The van der Waals surface area contributed by atoms with E-state index in [0.29, 0.717) is 5.92 Å². The van der Waals surface area contributed by atoms with Gasteiger partial charge in [0.1, 0.15) is 0 Å². The molecular weight excluding hydrogens is 208 g/mol. The van der Waals surface area contributed by atoms with E-state index in [4.69, 9.17) is 6.42 Å². The lowest BCUT2D eigenvalue weighted by atomic mass is 9.81. The molecular formula is C15H16N2. The Labute approximate surface area is 102 Å². The van der Waals surface area contributed by atoms with Crippen LogP contribution < -0.4 is 5.32 Å². The third-order valence-electron chi connectivity index (χ3n) is 3.87. The van der Waals surface area contributed by atoms with Gasteiger partial charge in [-0.05, 0) is 48.4 Å². The highest BCUT2D eigenvalue weighted by atomic mass is 14.9. The second-order valence-corrected chi connectivity index (χ2v) is 4.92. The molecule has 2 aliphatic rings. The zero-order chi connectivity index (χ0) is 11.7. The normalized spacial score (nSPS) is 27.1. The summed E-state index contributed by atoms with van der Waals surface area (Å²) in [6.07, 6.45) is 13.9. The first kappa shape index (κ1) is 10.6. The van der Waals surface area contributed by atoms with Gasteiger partial charge in [0.15, 0.2) is 0 Å². The van der Waals surface area contributed by atoms with Crippen molar-refractivity contribution in [3.05, 3.63) is 35.7 Å². The number of hydrogen-bond donors (Lipinski definition) is 1. The summed E-state index contributed by atoms with van der Waals surface area (Å²) in [5, 5.41) is 3.47. The first-order valence-electron chi connectivity index (χ1n) is 6.20. The fraction of sp³-hybridized carbons (Fsp3) is 0.400. The molecule has 1 aliphatic heterocycles. The number of hydrogen-bond acceptors (Lipinski definition) is 2. The van der Waals surface area contributed by atoms with Gasteiger partial charge < -0.3 is 5.32 Å². The Morgan fingerprint density at radius 2 is 2.29 bits per heavy atom. The quantitative estimate of drug-likeness (QED) is 0.739. The third kappa shape index (κ3) is 1.99. The lowest BCUT2D eigenvalue weighted by Gasteiger charge is -2.23. The smallest absolute Gasteiger partial charge is 0.0432 e. The monoisotopic (exact) mass is 224 g/mol. The predicted octanol–water partition coefficient (Wildman–Crippen LogP) is 2.08. The van der Waals surface area contributed by atoms with Gasteiger partial charge in [0.2, 0.25) is 0 Å². The van der Waals surface area contributed by atoms with E-state index in [0.717, 1.165) is 24.4 Å². The molecule has 17 heavy (non-hydrogen) atoms. The molecule has 1 N–H and O–H groups in total. The summed E-state index contributed by atoms with van der Waals surface area (Å²) in [6.45, 7) is 2.30. The summed E-state index contributed by atoms with van der Waals surface area (Å²) >= 11 is 0. The van der Waals surface area contributed by atoms with Crippen molar-refractivity contribution < 1.29 is 0 Å². The van der Waals surface area contributed by atoms with Crippen LogP contribution in [-0.4, -0.2) is 18.1 Å². The summed E-state index contributed by atoms with van der Waals surface area (Å²) in [6, 6.07) is 2.07. The number of nitrogens with zero attached hydrogens (tertiary/aromatic N) is 1. The van der Waals surface area contributed by atoms with E-state index in [2.05, 4.69) is 28.4 Å². The second-order valence-electron chi connectivity index (χ2n) is 4.92. The van der Waals surface area contributed by atoms with Gasteiger partial charge in [-0.25, -0.2) is 0 Å². The summed E-state index contributed by atoms with van der Waals surface area (Å²) in [7, 11) is 0. The lowest BCUT2D eigenvalue weighted by molar-refractivity contribution is 0.448. The van der Waals surface area contributed by atoms with Crippen molar-refractivity contribution >= 4 is 5.57 Å². The van der Waals surface area contributed by atoms with Crippen LogP contribution in [0.2, 0.25) is 0 Å². The van der Waals surface area contributed by atoms with Crippen molar-refractivity contribution in [3.8, 4) is 12.3 Å². The van der Waals surface area contributed by atoms with E-state index in [1.54, 1.807) is 6.20 Å². The minimum atomic E-state index is 0.702. The second kappa shape index (κ2) is 4.35. The van der Waals surface area contributed by atoms with Gasteiger partial charge in [-0.2, -0.15) is 0 Å². The van der Waals surface area contributed by atoms with Gasteiger partial charge in [0.05, 0.1) is 0 Å². The zero-order valence-corrected chi connectivity index (χ0v) is 9.82. The molecule has 1 fully saturated rings. The number of terminal acetylenes is 1. The maximum Gasteiger partial charge on any atom is 0.0432 e. The molecule has 1 aromatic rings. The Morgan fingerprint density at radius 1 is 1.35 bits per heavy atom. The van der Waals surface area contributed by atoms with E-state index in [9.17, 15) is 0 Å². The molecule has 0 aromatic carbocycles. The number of rotatable bonds is 1. The Kier molecular flexibility index (Phi) is 2.70. The fourth-order valence-corrected chi connectivity index (χ4v) is 2.88. The fourth-order valence-electron chi connectivity index (χ4n) is 2.88. The van der Waals surface area contributed by atoms with Crippen molar-refractivity contribution in [2.45, 2.75) is 12.8 Å². The van der Waals surface area contributed by atoms with Gasteiger partial charge in [0.25, 0.3) is 0 Å². The lowest BCUT2D eigenvalue weighted by Crippen LogP contribution is -2.15. The van der Waals surface area contributed by atoms with Crippen molar-refractivity contribution in [2.75, 3.05) is 13.1 Å². The minimum absolute atomic E-state index is 0.702. The van der Waals surface area contributed by atoms with Crippen LogP contribution in [0.5, 0.6) is 0 Å². The summed E-state index contributed by atoms with van der Waals surface area (Å²) in [5.41, 5.74) is 3.49. The molecule has 0 radical (unpaired) electrons. The van der Waals surface area contributed by atoms with Gasteiger partial charge >= 0.3 is 0 Å². The number of fused-ring (bicyclic) bond motifs is 1. The van der Waals surface area contributed by atoms with Gasteiger partial charge in [-0.1, -0.05) is 12.0 Å². The number of pyridine rings is 1. The van der Waals surface area contributed by atoms with Crippen LogP contribution in [-0.2, 0) is 0 Å². The van der Waals surface area contributed by atoms with Crippen LogP contribution >= 0.6 is 0 Å². The average molecular weight is 224 g/mol. The molecule has 0 spiro atoms.